The van der Waals surface area contributed by atoms with Crippen molar-refractivity contribution in [2.45, 2.75) is 19.4 Å². The van der Waals surface area contributed by atoms with E-state index in [9.17, 15) is 4.79 Å². The fourth-order valence-electron chi connectivity index (χ4n) is 1.81. The molecule has 0 atom stereocenters. The van der Waals surface area contributed by atoms with Crippen molar-refractivity contribution >= 4 is 27.6 Å². The fourth-order valence-corrected chi connectivity index (χ4v) is 2.19. The van der Waals surface area contributed by atoms with Crippen LogP contribution in [0.5, 0.6) is 0 Å². The average molecular weight is 269 g/mol. The van der Waals surface area contributed by atoms with Crippen LogP contribution in [0.15, 0.2) is 28.7 Å². The summed E-state index contributed by atoms with van der Waals surface area (Å²) in [5, 5.41) is 2.85. The van der Waals surface area contributed by atoms with Crippen molar-refractivity contribution in [2.24, 2.45) is 0 Å². The maximum absolute atomic E-state index is 11.7. The molecule has 0 saturated carbocycles. The van der Waals surface area contributed by atoms with E-state index in [1.54, 1.807) is 4.90 Å². The number of rotatable bonds is 1. The zero-order chi connectivity index (χ0) is 11.1. The van der Waals surface area contributed by atoms with Crippen molar-refractivity contribution in [1.82, 2.24) is 5.32 Å². The largest absolute Gasteiger partial charge is 0.335 e. The maximum atomic E-state index is 11.7. The molecule has 0 unspecified atom stereocenters. The molecule has 1 aromatic carbocycles. The van der Waals surface area contributed by atoms with Gasteiger partial charge < -0.3 is 5.32 Å². The molecule has 1 heterocycles. The van der Waals surface area contributed by atoms with Gasteiger partial charge in [-0.05, 0) is 32.0 Å². The maximum Gasteiger partial charge on any atom is 0.322 e. The van der Waals surface area contributed by atoms with Crippen LogP contribution in [0.3, 0.4) is 0 Å². The number of carbonyl (C=O) groups is 1. The summed E-state index contributed by atoms with van der Waals surface area (Å²) >= 11 is 3.41. The monoisotopic (exact) mass is 268 g/mol. The lowest BCUT2D eigenvalue weighted by molar-refractivity contribution is 0.251. The zero-order valence-corrected chi connectivity index (χ0v) is 10.3. The van der Waals surface area contributed by atoms with Crippen molar-refractivity contribution in [2.75, 3.05) is 11.4 Å². The smallest absolute Gasteiger partial charge is 0.322 e. The topological polar surface area (TPSA) is 32.3 Å². The highest BCUT2D eigenvalue weighted by molar-refractivity contribution is 9.10. The third-order valence-corrected chi connectivity index (χ3v) is 3.04. The minimum Gasteiger partial charge on any atom is -0.335 e. The lowest BCUT2D eigenvalue weighted by Gasteiger charge is -2.29. The number of hydrogen-bond donors (Lipinski definition) is 1. The van der Waals surface area contributed by atoms with Crippen LogP contribution in [-0.4, -0.2) is 18.1 Å². The number of benzene rings is 1. The van der Waals surface area contributed by atoms with E-state index in [1.165, 1.54) is 0 Å². The molecular formula is C11H13BrN2O. The van der Waals surface area contributed by atoms with Crippen LogP contribution in [-0.2, 0) is 0 Å². The molecule has 1 aliphatic rings. The summed E-state index contributed by atoms with van der Waals surface area (Å²) in [6.45, 7) is 4.77. The summed E-state index contributed by atoms with van der Waals surface area (Å²) in [6, 6.07) is 7.74. The average Bonchev–Trinajstić information content (AvgIpc) is 2.40. The van der Waals surface area contributed by atoms with E-state index >= 15 is 0 Å². The Balaban J connectivity index is 2.41. The van der Waals surface area contributed by atoms with Gasteiger partial charge in [0.25, 0.3) is 0 Å². The van der Waals surface area contributed by atoms with Crippen LogP contribution in [0.25, 0.3) is 0 Å². The molecule has 15 heavy (non-hydrogen) atoms. The second-order valence-electron chi connectivity index (χ2n) is 4.29. The van der Waals surface area contributed by atoms with Crippen molar-refractivity contribution < 1.29 is 4.79 Å². The molecule has 0 aromatic heterocycles. The number of halogens is 1. The van der Waals surface area contributed by atoms with Crippen LogP contribution in [0.2, 0.25) is 0 Å². The molecule has 1 fully saturated rings. The molecule has 1 aromatic rings. The van der Waals surface area contributed by atoms with Crippen molar-refractivity contribution in [3.05, 3.63) is 28.7 Å². The molecule has 1 aliphatic heterocycles. The minimum atomic E-state index is -0.169. The van der Waals surface area contributed by atoms with Crippen molar-refractivity contribution in [1.29, 1.82) is 0 Å². The highest BCUT2D eigenvalue weighted by Crippen LogP contribution is 2.29. The molecule has 0 spiro atoms. The molecule has 3 nitrogen and oxygen atoms in total. The second kappa shape index (κ2) is 3.52. The Hall–Kier alpha value is -1.03. The minimum absolute atomic E-state index is 0.0295. The molecule has 1 saturated heterocycles. The molecule has 0 aliphatic carbocycles. The Labute approximate surface area is 97.6 Å². The zero-order valence-electron chi connectivity index (χ0n) is 8.75. The summed E-state index contributed by atoms with van der Waals surface area (Å²) in [5.74, 6) is 0. The van der Waals surface area contributed by atoms with Gasteiger partial charge in [-0.15, -0.1) is 0 Å². The van der Waals surface area contributed by atoms with Crippen LogP contribution in [0.1, 0.15) is 13.8 Å². The predicted molar refractivity (Wildman–Crippen MR) is 64.1 cm³/mol. The highest BCUT2D eigenvalue weighted by Gasteiger charge is 2.38. The molecule has 80 valence electrons. The lowest BCUT2D eigenvalue weighted by Crippen LogP contribution is -2.42. The van der Waals surface area contributed by atoms with E-state index in [1.807, 2.05) is 38.1 Å². The number of nitrogens with one attached hydrogen (secondary N) is 1. The number of hydrogen-bond acceptors (Lipinski definition) is 1. The van der Waals surface area contributed by atoms with E-state index in [4.69, 9.17) is 0 Å². The van der Waals surface area contributed by atoms with Gasteiger partial charge in [-0.25, -0.2) is 4.79 Å². The Bertz CT molecular complexity index is 403. The third kappa shape index (κ3) is 1.86. The first-order valence-corrected chi connectivity index (χ1v) is 5.64. The Morgan fingerprint density at radius 2 is 2.20 bits per heavy atom. The van der Waals surface area contributed by atoms with E-state index < -0.39 is 0 Å². The van der Waals surface area contributed by atoms with Gasteiger partial charge in [0.2, 0.25) is 0 Å². The van der Waals surface area contributed by atoms with Gasteiger partial charge >= 0.3 is 6.03 Å². The van der Waals surface area contributed by atoms with Crippen LogP contribution >= 0.6 is 15.9 Å². The van der Waals surface area contributed by atoms with Gasteiger partial charge in [0, 0.05) is 16.7 Å². The quantitative estimate of drug-likeness (QED) is 0.835. The summed E-state index contributed by atoms with van der Waals surface area (Å²) in [6.07, 6.45) is 0. The molecule has 1 N–H and O–H groups in total. The SMILES string of the molecule is CC1(C)CNC(=O)N1c1cccc(Br)c1. The van der Waals surface area contributed by atoms with Gasteiger partial charge in [-0.1, -0.05) is 22.0 Å². The number of urea groups is 1. The number of anilines is 1. The summed E-state index contributed by atoms with van der Waals surface area (Å²) in [7, 11) is 0. The van der Waals surface area contributed by atoms with E-state index in [0.29, 0.717) is 6.54 Å². The first-order valence-electron chi connectivity index (χ1n) is 4.84. The number of carbonyl (C=O) groups excluding carboxylic acids is 1. The van der Waals surface area contributed by atoms with E-state index in [2.05, 4.69) is 21.2 Å². The van der Waals surface area contributed by atoms with Crippen LogP contribution < -0.4 is 10.2 Å². The fraction of sp³-hybridized carbons (Fsp3) is 0.364. The van der Waals surface area contributed by atoms with Crippen LogP contribution in [0, 0.1) is 0 Å². The summed E-state index contributed by atoms with van der Waals surface area (Å²) in [4.78, 5) is 13.5. The first kappa shape index (κ1) is 10.5. The molecule has 0 bridgehead atoms. The number of amides is 2. The Morgan fingerprint density at radius 3 is 2.73 bits per heavy atom. The summed E-state index contributed by atoms with van der Waals surface area (Å²) in [5.41, 5.74) is 0.752. The second-order valence-corrected chi connectivity index (χ2v) is 5.20. The predicted octanol–water partition coefficient (Wildman–Crippen LogP) is 2.76. The molecule has 0 radical (unpaired) electrons. The molecule has 2 rings (SSSR count). The molecule has 2 amide bonds. The van der Waals surface area contributed by atoms with E-state index in [0.717, 1.165) is 10.2 Å². The summed E-state index contributed by atoms with van der Waals surface area (Å²) < 4.78 is 0.982. The lowest BCUT2D eigenvalue weighted by atomic mass is 10.0. The standard InChI is InChI=1S/C11H13BrN2O/c1-11(2)7-13-10(15)14(11)9-5-3-4-8(12)6-9/h3-6H,7H2,1-2H3,(H,13,15). The number of nitrogens with zero attached hydrogens (tertiary/aromatic N) is 1. The van der Waals surface area contributed by atoms with Gasteiger partial charge in [0.1, 0.15) is 0 Å². The van der Waals surface area contributed by atoms with Gasteiger partial charge in [-0.3, -0.25) is 4.90 Å². The van der Waals surface area contributed by atoms with Crippen LogP contribution in [0.4, 0.5) is 10.5 Å². The molecular weight excluding hydrogens is 256 g/mol. The Kier molecular flexibility index (Phi) is 2.46. The Morgan fingerprint density at radius 1 is 1.47 bits per heavy atom. The van der Waals surface area contributed by atoms with Gasteiger partial charge in [-0.2, -0.15) is 0 Å². The van der Waals surface area contributed by atoms with Crippen molar-refractivity contribution in [3.8, 4) is 0 Å². The highest BCUT2D eigenvalue weighted by atomic mass is 79.9. The van der Waals surface area contributed by atoms with E-state index in [-0.39, 0.29) is 11.6 Å². The van der Waals surface area contributed by atoms with Crippen molar-refractivity contribution in [3.63, 3.8) is 0 Å². The molecule has 4 heteroatoms. The van der Waals surface area contributed by atoms with Gasteiger partial charge in [0.05, 0.1) is 5.54 Å². The normalized spacial score (nSPS) is 19.1. The third-order valence-electron chi connectivity index (χ3n) is 2.55. The first-order chi connectivity index (χ1) is 7.00. The van der Waals surface area contributed by atoms with Gasteiger partial charge in [0.15, 0.2) is 0 Å².